The Kier molecular flexibility index (Phi) is 4.85. The van der Waals surface area contributed by atoms with Crippen LogP contribution in [0.3, 0.4) is 0 Å². The van der Waals surface area contributed by atoms with Crippen molar-refractivity contribution in [2.75, 3.05) is 13.2 Å². The summed E-state index contributed by atoms with van der Waals surface area (Å²) in [5.74, 6) is 0.836. The van der Waals surface area contributed by atoms with Gasteiger partial charge in [-0.25, -0.2) is 0 Å². The van der Waals surface area contributed by atoms with Crippen LogP contribution in [-0.2, 0) is 4.74 Å². The number of nitrogens with zero attached hydrogens (tertiary/aromatic N) is 2. The number of rotatable bonds is 6. The number of aliphatic hydroxyl groups excluding tert-OH is 1. The summed E-state index contributed by atoms with van der Waals surface area (Å²) in [6.45, 7) is 6.56. The molecule has 1 aromatic rings. The molecule has 0 aliphatic rings. The number of nitrogens with two attached hydrogens (primary N) is 1. The minimum absolute atomic E-state index is 0.0581. The van der Waals surface area contributed by atoms with E-state index in [1.165, 1.54) is 0 Å². The molecule has 0 spiro atoms. The first-order valence-electron chi connectivity index (χ1n) is 5.43. The van der Waals surface area contributed by atoms with Crippen LogP contribution in [0.25, 0.3) is 0 Å². The van der Waals surface area contributed by atoms with Crippen molar-refractivity contribution in [3.8, 4) is 0 Å². The van der Waals surface area contributed by atoms with Gasteiger partial charge in [0.1, 0.15) is 12.2 Å². The van der Waals surface area contributed by atoms with Crippen molar-refractivity contribution in [1.29, 1.82) is 0 Å². The number of aliphatic hydroxyl groups is 1. The van der Waals surface area contributed by atoms with Crippen molar-refractivity contribution in [3.63, 3.8) is 0 Å². The van der Waals surface area contributed by atoms with Gasteiger partial charge in [-0.1, -0.05) is 19.0 Å². The molecule has 0 radical (unpaired) electrons. The first-order valence-corrected chi connectivity index (χ1v) is 5.43. The van der Waals surface area contributed by atoms with E-state index in [-0.39, 0.29) is 24.5 Å². The van der Waals surface area contributed by atoms with E-state index in [2.05, 4.69) is 10.1 Å². The van der Waals surface area contributed by atoms with E-state index in [4.69, 9.17) is 15.0 Å². The average Bonchev–Trinajstić information content (AvgIpc) is 2.73. The van der Waals surface area contributed by atoms with Gasteiger partial charge in [0.05, 0.1) is 0 Å². The molecule has 2 atom stereocenters. The first kappa shape index (κ1) is 13.1. The third-order valence-electron chi connectivity index (χ3n) is 2.17. The van der Waals surface area contributed by atoms with Crippen LogP contribution < -0.4 is 5.73 Å². The lowest BCUT2D eigenvalue weighted by Gasteiger charge is -2.16. The van der Waals surface area contributed by atoms with Crippen LogP contribution in [0.4, 0.5) is 0 Å². The largest absolute Gasteiger partial charge is 0.382 e. The highest BCUT2D eigenvalue weighted by Crippen LogP contribution is 2.24. The molecule has 0 bridgehead atoms. The summed E-state index contributed by atoms with van der Waals surface area (Å²) in [5, 5.41) is 13.2. The maximum atomic E-state index is 9.43. The highest BCUT2D eigenvalue weighted by atomic mass is 16.5. The van der Waals surface area contributed by atoms with Gasteiger partial charge < -0.3 is 20.1 Å². The van der Waals surface area contributed by atoms with E-state index < -0.39 is 6.10 Å². The smallest absolute Gasteiger partial charge is 0.256 e. The molecular formula is C10H19N3O3. The molecule has 0 fully saturated rings. The number of aromatic nitrogens is 2. The van der Waals surface area contributed by atoms with Crippen molar-refractivity contribution in [3.05, 3.63) is 11.7 Å². The van der Waals surface area contributed by atoms with Crippen molar-refractivity contribution in [2.24, 2.45) is 11.7 Å². The fourth-order valence-corrected chi connectivity index (χ4v) is 1.34. The van der Waals surface area contributed by atoms with E-state index in [1.807, 2.05) is 20.8 Å². The van der Waals surface area contributed by atoms with Crippen LogP contribution >= 0.6 is 0 Å². The van der Waals surface area contributed by atoms with Gasteiger partial charge in [0.25, 0.3) is 5.89 Å². The number of hydrogen-bond donors (Lipinski definition) is 2. The Bertz CT molecular complexity index is 314. The molecule has 6 heteroatoms. The molecule has 0 saturated heterocycles. The molecular weight excluding hydrogens is 210 g/mol. The van der Waals surface area contributed by atoms with Gasteiger partial charge in [0.15, 0.2) is 0 Å². The lowest BCUT2D eigenvalue weighted by molar-refractivity contribution is 0.0217. The van der Waals surface area contributed by atoms with Crippen LogP contribution in [0.15, 0.2) is 4.52 Å². The maximum Gasteiger partial charge on any atom is 0.256 e. The average molecular weight is 229 g/mol. The van der Waals surface area contributed by atoms with Gasteiger partial charge in [-0.3, -0.25) is 0 Å². The minimum Gasteiger partial charge on any atom is -0.382 e. The zero-order chi connectivity index (χ0) is 12.1. The van der Waals surface area contributed by atoms with Crippen molar-refractivity contribution in [1.82, 2.24) is 10.1 Å². The Morgan fingerprint density at radius 2 is 2.19 bits per heavy atom. The predicted molar refractivity (Wildman–Crippen MR) is 57.5 cm³/mol. The summed E-state index contributed by atoms with van der Waals surface area (Å²) < 4.78 is 10.4. The monoisotopic (exact) mass is 229 g/mol. The minimum atomic E-state index is -0.907. The summed E-state index contributed by atoms with van der Waals surface area (Å²) >= 11 is 0. The molecule has 1 rings (SSSR count). The summed E-state index contributed by atoms with van der Waals surface area (Å²) in [6.07, 6.45) is -1.12. The fourth-order valence-electron chi connectivity index (χ4n) is 1.34. The van der Waals surface area contributed by atoms with Crippen molar-refractivity contribution in [2.45, 2.75) is 33.0 Å². The van der Waals surface area contributed by atoms with E-state index in [1.54, 1.807) is 0 Å². The molecule has 92 valence electrons. The topological polar surface area (TPSA) is 94.4 Å². The van der Waals surface area contributed by atoms with Crippen LogP contribution in [0.5, 0.6) is 0 Å². The highest BCUT2D eigenvalue weighted by Gasteiger charge is 2.23. The summed E-state index contributed by atoms with van der Waals surface area (Å²) in [7, 11) is 0. The first-order chi connectivity index (χ1) is 7.60. The predicted octanol–water partition coefficient (Wildman–Crippen LogP) is 0.795. The van der Waals surface area contributed by atoms with Gasteiger partial charge in [0, 0.05) is 13.2 Å². The second-order valence-corrected chi connectivity index (χ2v) is 3.86. The molecule has 2 unspecified atom stereocenters. The lowest BCUT2D eigenvalue weighted by atomic mass is 10.1. The standard InChI is InChI=1S/C10H19N3O3/c1-4-15-8(6(2)3)9-12-10(16-13-9)7(14)5-11/h6-8,14H,4-5,11H2,1-3H3. The fraction of sp³-hybridized carbons (Fsp3) is 0.800. The molecule has 0 aromatic carbocycles. The van der Waals surface area contributed by atoms with E-state index in [9.17, 15) is 5.11 Å². The van der Waals surface area contributed by atoms with Gasteiger partial charge in [-0.2, -0.15) is 4.98 Å². The lowest BCUT2D eigenvalue weighted by Crippen LogP contribution is -2.14. The second kappa shape index (κ2) is 5.93. The molecule has 6 nitrogen and oxygen atoms in total. The molecule has 3 N–H and O–H groups in total. The Morgan fingerprint density at radius 1 is 1.50 bits per heavy atom. The Hall–Kier alpha value is -0.980. The molecule has 1 aromatic heterocycles. The number of ether oxygens (including phenoxy) is 1. The Morgan fingerprint density at radius 3 is 2.69 bits per heavy atom. The zero-order valence-corrected chi connectivity index (χ0v) is 9.88. The van der Waals surface area contributed by atoms with Gasteiger partial charge in [0.2, 0.25) is 5.82 Å². The highest BCUT2D eigenvalue weighted by molar-refractivity contribution is 4.95. The summed E-state index contributed by atoms with van der Waals surface area (Å²) in [4.78, 5) is 4.09. The van der Waals surface area contributed by atoms with Crippen LogP contribution in [0.1, 0.15) is 44.7 Å². The third-order valence-corrected chi connectivity index (χ3v) is 2.17. The van der Waals surface area contributed by atoms with Crippen LogP contribution in [-0.4, -0.2) is 28.4 Å². The van der Waals surface area contributed by atoms with Crippen molar-refractivity contribution >= 4 is 0 Å². The van der Waals surface area contributed by atoms with Crippen molar-refractivity contribution < 1.29 is 14.4 Å². The van der Waals surface area contributed by atoms with E-state index >= 15 is 0 Å². The quantitative estimate of drug-likeness (QED) is 0.749. The van der Waals surface area contributed by atoms with Gasteiger partial charge >= 0.3 is 0 Å². The SMILES string of the molecule is CCOC(c1noc(C(O)CN)n1)C(C)C. The molecule has 0 amide bonds. The summed E-state index contributed by atoms with van der Waals surface area (Å²) in [5.41, 5.74) is 5.30. The molecule has 0 aliphatic carbocycles. The molecule has 0 aliphatic heterocycles. The molecule has 0 saturated carbocycles. The normalized spacial score (nSPS) is 15.4. The van der Waals surface area contributed by atoms with Gasteiger partial charge in [-0.05, 0) is 12.8 Å². The molecule has 1 heterocycles. The van der Waals surface area contributed by atoms with Crippen LogP contribution in [0.2, 0.25) is 0 Å². The van der Waals surface area contributed by atoms with E-state index in [0.717, 1.165) is 0 Å². The van der Waals surface area contributed by atoms with Gasteiger partial charge in [-0.15, -0.1) is 0 Å². The maximum absolute atomic E-state index is 9.43. The second-order valence-electron chi connectivity index (χ2n) is 3.86. The number of hydrogen-bond acceptors (Lipinski definition) is 6. The Labute approximate surface area is 94.8 Å². The van der Waals surface area contributed by atoms with Crippen LogP contribution in [0, 0.1) is 5.92 Å². The summed E-state index contributed by atoms with van der Waals surface area (Å²) in [6, 6.07) is 0. The third kappa shape index (κ3) is 3.01. The van der Waals surface area contributed by atoms with E-state index in [0.29, 0.717) is 12.4 Å². The zero-order valence-electron chi connectivity index (χ0n) is 9.88. The Balaban J connectivity index is 2.81. The molecule has 16 heavy (non-hydrogen) atoms.